The Balaban J connectivity index is 1.58. The van der Waals surface area contributed by atoms with Crippen molar-refractivity contribution in [3.8, 4) is 5.75 Å². The molecular weight excluding hydrogens is 474 g/mol. The molecule has 3 aliphatic heterocycles. The molecule has 8 nitrogen and oxygen atoms in total. The maximum atomic E-state index is 13.7. The molecule has 1 fully saturated rings. The van der Waals surface area contributed by atoms with Crippen molar-refractivity contribution >= 4 is 17.9 Å². The van der Waals surface area contributed by atoms with E-state index in [0.29, 0.717) is 22.9 Å². The summed E-state index contributed by atoms with van der Waals surface area (Å²) in [5.41, 5.74) is 0.733. The number of carbonyl (C=O) groups is 1. The van der Waals surface area contributed by atoms with E-state index in [2.05, 4.69) is 11.5 Å². The van der Waals surface area contributed by atoms with E-state index in [4.69, 9.17) is 9.47 Å². The minimum absolute atomic E-state index is 0.0453. The Bertz CT molecular complexity index is 1610. The van der Waals surface area contributed by atoms with E-state index in [-0.39, 0.29) is 27.9 Å². The van der Waals surface area contributed by atoms with Gasteiger partial charge in [0.1, 0.15) is 18.0 Å². The van der Waals surface area contributed by atoms with Gasteiger partial charge in [-0.1, -0.05) is 36.9 Å². The average molecular weight is 502 g/mol. The van der Waals surface area contributed by atoms with Crippen LogP contribution in [0.3, 0.4) is 0 Å². The van der Waals surface area contributed by atoms with Crippen LogP contribution in [0, 0.1) is 0 Å². The lowest BCUT2D eigenvalue weighted by Gasteiger charge is -2.42. The van der Waals surface area contributed by atoms with Crippen molar-refractivity contribution in [3.63, 3.8) is 0 Å². The number of aliphatic hydroxyl groups excluding tert-OH is 2. The fraction of sp³-hybridized carbons (Fsp3) is 0.310. The number of allylic oxidation sites excluding steroid dienone is 4. The molecule has 1 aliphatic carbocycles. The molecule has 2 aromatic rings. The molecule has 190 valence electrons. The molecule has 37 heavy (non-hydrogen) atoms. The largest absolute Gasteiger partial charge is 0.460 e. The zero-order valence-electron chi connectivity index (χ0n) is 20.7. The molecule has 1 saturated heterocycles. The Morgan fingerprint density at radius 2 is 1.84 bits per heavy atom. The molecule has 0 amide bonds. The van der Waals surface area contributed by atoms with Crippen molar-refractivity contribution in [2.45, 2.75) is 57.5 Å². The zero-order valence-corrected chi connectivity index (χ0v) is 20.7. The minimum atomic E-state index is -2.31. The van der Waals surface area contributed by atoms with Crippen molar-refractivity contribution in [2.24, 2.45) is 0 Å². The zero-order chi connectivity index (χ0) is 26.4. The first kappa shape index (κ1) is 23.8. The highest BCUT2D eigenvalue weighted by atomic mass is 16.7. The number of carbonyl (C=O) groups excluding carboxylic acids is 1. The van der Waals surface area contributed by atoms with Crippen molar-refractivity contribution in [2.75, 3.05) is 0 Å². The molecular formula is C29H27NO7. The average Bonchev–Trinajstić information content (AvgIpc) is 3.28. The number of ketones is 1. The molecule has 0 bridgehead atoms. The maximum absolute atomic E-state index is 13.7. The second-order valence-corrected chi connectivity index (χ2v) is 10.1. The van der Waals surface area contributed by atoms with Crippen LogP contribution in [-0.2, 0) is 16.9 Å². The van der Waals surface area contributed by atoms with Gasteiger partial charge in [-0.25, -0.2) is 0 Å². The van der Waals surface area contributed by atoms with Crippen LogP contribution in [0.15, 0.2) is 64.2 Å². The number of hydrogen-bond donors (Lipinski definition) is 3. The van der Waals surface area contributed by atoms with E-state index in [1.54, 1.807) is 0 Å². The summed E-state index contributed by atoms with van der Waals surface area (Å²) in [7, 11) is 0. The fourth-order valence-corrected chi connectivity index (χ4v) is 5.92. The molecule has 5 atom stereocenters. The lowest BCUT2D eigenvalue weighted by Crippen LogP contribution is -2.63. The number of nitrogens with zero attached hydrogens (tertiary/aromatic N) is 1. The molecule has 2 aromatic carbocycles. The van der Waals surface area contributed by atoms with Crippen LogP contribution in [0.5, 0.6) is 5.75 Å². The summed E-state index contributed by atoms with van der Waals surface area (Å²) in [6.07, 6.45) is -3.55. The summed E-state index contributed by atoms with van der Waals surface area (Å²) >= 11 is 0. The topological polar surface area (TPSA) is 117 Å². The van der Waals surface area contributed by atoms with E-state index < -0.39 is 35.6 Å². The van der Waals surface area contributed by atoms with Crippen LogP contribution < -0.4 is 20.6 Å². The lowest BCUT2D eigenvalue weighted by molar-refractivity contribution is -0.307. The SMILES string of the molecule is C=c1c2c(c(=O)cc3c1=C1C=C(C)N(Cc4ccccc4)C(C)=C1C3=O)C1(O)C(O2)OC(C)C(O)C1O. The molecule has 6 rings (SSSR count). The highest BCUT2D eigenvalue weighted by Gasteiger charge is 2.62. The summed E-state index contributed by atoms with van der Waals surface area (Å²) in [6.45, 7) is 10.1. The van der Waals surface area contributed by atoms with E-state index in [0.717, 1.165) is 17.0 Å². The Morgan fingerprint density at radius 3 is 2.54 bits per heavy atom. The van der Waals surface area contributed by atoms with Crippen molar-refractivity contribution < 1.29 is 29.6 Å². The highest BCUT2D eigenvalue weighted by molar-refractivity contribution is 6.23. The van der Waals surface area contributed by atoms with Gasteiger partial charge < -0.3 is 29.7 Å². The summed E-state index contributed by atoms with van der Waals surface area (Å²) in [5, 5.41) is 33.3. The van der Waals surface area contributed by atoms with Gasteiger partial charge in [-0.3, -0.25) is 9.59 Å². The minimum Gasteiger partial charge on any atom is -0.460 e. The number of hydrogen-bond acceptors (Lipinski definition) is 8. The van der Waals surface area contributed by atoms with Crippen LogP contribution in [0.25, 0.3) is 12.2 Å². The van der Waals surface area contributed by atoms with Crippen molar-refractivity contribution in [1.29, 1.82) is 0 Å². The summed E-state index contributed by atoms with van der Waals surface area (Å²) in [5.74, 6) is -0.367. The Kier molecular flexibility index (Phi) is 5.13. The third-order valence-electron chi connectivity index (χ3n) is 7.91. The quantitative estimate of drug-likeness (QED) is 0.546. The molecule has 0 radical (unpaired) electrons. The number of Topliss-reactive ketones (excluding diaryl/α,β-unsaturated/α-hetero) is 1. The molecule has 4 aliphatic rings. The van der Waals surface area contributed by atoms with Gasteiger partial charge >= 0.3 is 0 Å². The number of rotatable bonds is 2. The third-order valence-corrected chi connectivity index (χ3v) is 7.91. The van der Waals surface area contributed by atoms with Gasteiger partial charge in [-0.15, -0.1) is 0 Å². The van der Waals surface area contributed by atoms with E-state index in [1.165, 1.54) is 13.0 Å². The molecule has 3 N–H and O–H groups in total. The standard InChI is InChI=1S/C29H27NO7/c1-13-10-18-21-14(2)26-23(29(35)27(34)24(32)16(4)36-28(29)37-26)20(31)11-19(21)25(33)22(18)15(3)30(13)12-17-8-6-5-7-9-17/h5-11,16,24,27-28,32,34-35H,2,12H2,1,3-4H3. The second kappa shape index (κ2) is 7.97. The van der Waals surface area contributed by atoms with Crippen LogP contribution >= 0.6 is 0 Å². The molecule has 0 aromatic heterocycles. The maximum Gasteiger partial charge on any atom is 0.236 e. The second-order valence-electron chi connectivity index (χ2n) is 10.1. The van der Waals surface area contributed by atoms with Crippen molar-refractivity contribution in [3.05, 3.63) is 96.8 Å². The van der Waals surface area contributed by atoms with Gasteiger partial charge in [0.2, 0.25) is 6.29 Å². The van der Waals surface area contributed by atoms with Crippen LogP contribution in [0.1, 0.15) is 42.3 Å². The predicted molar refractivity (Wildman–Crippen MR) is 135 cm³/mol. The van der Waals surface area contributed by atoms with Crippen LogP contribution in [-0.4, -0.2) is 50.6 Å². The molecule has 8 heteroatoms. The molecule has 0 saturated carbocycles. The third kappa shape index (κ3) is 3.10. The van der Waals surface area contributed by atoms with Gasteiger partial charge in [0, 0.05) is 39.5 Å². The number of aliphatic hydroxyl groups is 3. The first-order valence-corrected chi connectivity index (χ1v) is 12.2. The Hall–Kier alpha value is -3.56. The van der Waals surface area contributed by atoms with Gasteiger partial charge in [0.25, 0.3) is 0 Å². The lowest BCUT2D eigenvalue weighted by atomic mass is 9.82. The van der Waals surface area contributed by atoms with E-state index >= 15 is 0 Å². The van der Waals surface area contributed by atoms with Gasteiger partial charge in [0.05, 0.1) is 11.7 Å². The normalized spacial score (nSPS) is 29.9. The van der Waals surface area contributed by atoms with Gasteiger partial charge in [0.15, 0.2) is 16.8 Å². The van der Waals surface area contributed by atoms with E-state index in [1.807, 2.05) is 50.3 Å². The molecule has 0 spiro atoms. The van der Waals surface area contributed by atoms with Crippen LogP contribution in [0.2, 0.25) is 0 Å². The van der Waals surface area contributed by atoms with E-state index in [9.17, 15) is 24.9 Å². The molecule has 5 unspecified atom stereocenters. The number of fused-ring (bicyclic) bond motifs is 5. The summed E-state index contributed by atoms with van der Waals surface area (Å²) in [4.78, 5) is 29.3. The predicted octanol–water partition coefficient (Wildman–Crippen LogP) is 0.544. The highest BCUT2D eigenvalue weighted by Crippen LogP contribution is 2.45. The smallest absolute Gasteiger partial charge is 0.236 e. The fourth-order valence-electron chi connectivity index (χ4n) is 5.92. The van der Waals surface area contributed by atoms with Gasteiger partial charge in [-0.2, -0.15) is 0 Å². The summed E-state index contributed by atoms with van der Waals surface area (Å²) < 4.78 is 11.5. The van der Waals surface area contributed by atoms with Crippen molar-refractivity contribution in [1.82, 2.24) is 4.90 Å². The molecule has 3 heterocycles. The first-order valence-electron chi connectivity index (χ1n) is 12.2. The Labute approximate surface area is 212 Å². The monoisotopic (exact) mass is 501 g/mol. The summed E-state index contributed by atoms with van der Waals surface area (Å²) in [6, 6.07) is 11.1. The number of benzene rings is 1. The number of ether oxygens (including phenoxy) is 2. The Morgan fingerprint density at radius 1 is 1.14 bits per heavy atom. The van der Waals surface area contributed by atoms with Gasteiger partial charge in [-0.05, 0) is 44.1 Å². The first-order chi connectivity index (χ1) is 17.6. The van der Waals surface area contributed by atoms with Crippen LogP contribution in [0.4, 0.5) is 0 Å².